The Morgan fingerprint density at radius 3 is 2.79 bits per heavy atom. The molecule has 1 aromatic carbocycles. The van der Waals surface area contributed by atoms with Crippen LogP contribution in [0.25, 0.3) is 10.4 Å². The highest BCUT2D eigenvalue weighted by Gasteiger charge is 2.15. The molecule has 0 unspecified atom stereocenters. The third-order valence-electron chi connectivity index (χ3n) is 2.67. The third kappa shape index (κ3) is 2.96. The second-order valence-electron chi connectivity index (χ2n) is 4.04. The number of carbonyl (C=O) groups is 1. The molecular formula is C15H16O3S. The second-order valence-corrected chi connectivity index (χ2v) is 4.99. The van der Waals surface area contributed by atoms with Crippen LogP contribution in [0.3, 0.4) is 0 Å². The molecule has 4 heteroatoms. The number of aldehydes is 1. The lowest BCUT2D eigenvalue weighted by atomic mass is 10.1. The van der Waals surface area contributed by atoms with Gasteiger partial charge in [0.25, 0.3) is 0 Å². The van der Waals surface area contributed by atoms with Gasteiger partial charge in [-0.1, -0.05) is 13.0 Å². The van der Waals surface area contributed by atoms with Crippen LogP contribution in [0.15, 0.2) is 29.6 Å². The van der Waals surface area contributed by atoms with E-state index in [4.69, 9.17) is 9.47 Å². The summed E-state index contributed by atoms with van der Waals surface area (Å²) in [5, 5.41) is 2.00. The smallest absolute Gasteiger partial charge is 0.169 e. The van der Waals surface area contributed by atoms with Crippen LogP contribution in [0.5, 0.6) is 11.5 Å². The number of methoxy groups -OCH3 is 1. The van der Waals surface area contributed by atoms with E-state index in [1.165, 1.54) is 0 Å². The van der Waals surface area contributed by atoms with Crippen LogP contribution >= 0.6 is 11.3 Å². The fraction of sp³-hybridized carbons (Fsp3) is 0.267. The maximum atomic E-state index is 11.0. The molecule has 0 aliphatic heterocycles. The average Bonchev–Trinajstić information content (AvgIpc) is 2.98. The van der Waals surface area contributed by atoms with E-state index in [1.807, 2.05) is 23.6 Å². The molecule has 0 aliphatic carbocycles. The summed E-state index contributed by atoms with van der Waals surface area (Å²) in [6.07, 6.45) is 1.74. The third-order valence-corrected chi connectivity index (χ3v) is 3.57. The highest BCUT2D eigenvalue weighted by atomic mass is 32.1. The SMILES string of the molecule is CCCOc1c(OC)cc(C=O)cc1-c1cccs1. The van der Waals surface area contributed by atoms with Gasteiger partial charge in [0.2, 0.25) is 0 Å². The molecule has 100 valence electrons. The van der Waals surface area contributed by atoms with Crippen molar-refractivity contribution in [1.29, 1.82) is 0 Å². The molecule has 2 rings (SSSR count). The van der Waals surface area contributed by atoms with Crippen LogP contribution in [-0.4, -0.2) is 20.0 Å². The van der Waals surface area contributed by atoms with Crippen molar-refractivity contribution in [2.24, 2.45) is 0 Å². The first-order valence-electron chi connectivity index (χ1n) is 6.14. The van der Waals surface area contributed by atoms with E-state index in [2.05, 4.69) is 6.92 Å². The lowest BCUT2D eigenvalue weighted by Gasteiger charge is -2.14. The van der Waals surface area contributed by atoms with Gasteiger partial charge in [-0.2, -0.15) is 0 Å². The largest absolute Gasteiger partial charge is 0.493 e. The van der Waals surface area contributed by atoms with Gasteiger partial charge in [-0.25, -0.2) is 0 Å². The monoisotopic (exact) mass is 276 g/mol. The Morgan fingerprint density at radius 2 is 2.21 bits per heavy atom. The fourth-order valence-corrected chi connectivity index (χ4v) is 2.55. The van der Waals surface area contributed by atoms with Gasteiger partial charge in [-0.15, -0.1) is 11.3 Å². The molecule has 19 heavy (non-hydrogen) atoms. The molecule has 0 spiro atoms. The van der Waals surface area contributed by atoms with E-state index >= 15 is 0 Å². The molecule has 0 saturated carbocycles. The summed E-state index contributed by atoms with van der Waals surface area (Å²) in [5.41, 5.74) is 1.49. The van der Waals surface area contributed by atoms with Crippen molar-refractivity contribution in [2.45, 2.75) is 13.3 Å². The van der Waals surface area contributed by atoms with Crippen LogP contribution in [0.4, 0.5) is 0 Å². The van der Waals surface area contributed by atoms with Crippen molar-refractivity contribution in [2.75, 3.05) is 13.7 Å². The molecule has 1 aromatic heterocycles. The highest BCUT2D eigenvalue weighted by Crippen LogP contribution is 2.41. The predicted molar refractivity (Wildman–Crippen MR) is 77.5 cm³/mol. The molecule has 0 atom stereocenters. The quantitative estimate of drug-likeness (QED) is 0.747. The molecule has 3 nitrogen and oxygen atoms in total. The number of rotatable bonds is 6. The van der Waals surface area contributed by atoms with Crippen LogP contribution in [0.1, 0.15) is 23.7 Å². The maximum absolute atomic E-state index is 11.0. The van der Waals surface area contributed by atoms with Crippen molar-refractivity contribution < 1.29 is 14.3 Å². The highest BCUT2D eigenvalue weighted by molar-refractivity contribution is 7.13. The number of hydrogen-bond donors (Lipinski definition) is 0. The average molecular weight is 276 g/mol. The first-order chi connectivity index (χ1) is 9.30. The fourth-order valence-electron chi connectivity index (χ4n) is 1.81. The lowest BCUT2D eigenvalue weighted by Crippen LogP contribution is -2.00. The van der Waals surface area contributed by atoms with Gasteiger partial charge in [0.15, 0.2) is 11.5 Å². The van der Waals surface area contributed by atoms with E-state index < -0.39 is 0 Å². The Bertz CT molecular complexity index is 547. The molecule has 0 aliphatic rings. The number of thiophene rings is 1. The molecule has 2 aromatic rings. The maximum Gasteiger partial charge on any atom is 0.169 e. The van der Waals surface area contributed by atoms with Crippen molar-refractivity contribution in [3.63, 3.8) is 0 Å². The molecule has 0 N–H and O–H groups in total. The van der Waals surface area contributed by atoms with Gasteiger partial charge >= 0.3 is 0 Å². The standard InChI is InChI=1S/C15H16O3S/c1-3-6-18-15-12(14-5-4-7-19-14)8-11(10-16)9-13(15)17-2/h4-5,7-10H,3,6H2,1-2H3. The zero-order chi connectivity index (χ0) is 13.7. The Morgan fingerprint density at radius 1 is 1.37 bits per heavy atom. The van der Waals surface area contributed by atoms with E-state index in [-0.39, 0.29) is 0 Å². The van der Waals surface area contributed by atoms with E-state index in [0.29, 0.717) is 23.7 Å². The summed E-state index contributed by atoms with van der Waals surface area (Å²) >= 11 is 1.61. The zero-order valence-corrected chi connectivity index (χ0v) is 11.8. The zero-order valence-electron chi connectivity index (χ0n) is 11.0. The molecule has 0 fully saturated rings. The Kier molecular flexibility index (Phi) is 4.58. The summed E-state index contributed by atoms with van der Waals surface area (Å²) in [7, 11) is 1.58. The number of hydrogen-bond acceptors (Lipinski definition) is 4. The van der Waals surface area contributed by atoms with Crippen LogP contribution in [0, 0.1) is 0 Å². The van der Waals surface area contributed by atoms with E-state index in [0.717, 1.165) is 23.1 Å². The van der Waals surface area contributed by atoms with Gasteiger partial charge in [0, 0.05) is 16.0 Å². The van der Waals surface area contributed by atoms with Gasteiger partial charge in [-0.3, -0.25) is 4.79 Å². The Labute approximate surface area is 116 Å². The number of ether oxygens (including phenoxy) is 2. The molecular weight excluding hydrogens is 260 g/mol. The van der Waals surface area contributed by atoms with Gasteiger partial charge in [0.05, 0.1) is 13.7 Å². The normalized spacial score (nSPS) is 10.2. The molecule has 1 heterocycles. The minimum absolute atomic E-state index is 0.587. The van der Waals surface area contributed by atoms with Crippen LogP contribution < -0.4 is 9.47 Å². The topological polar surface area (TPSA) is 35.5 Å². The summed E-state index contributed by atoms with van der Waals surface area (Å²) in [6.45, 7) is 2.67. The van der Waals surface area contributed by atoms with Gasteiger partial charge in [0.1, 0.15) is 6.29 Å². The summed E-state index contributed by atoms with van der Waals surface area (Å²) in [6, 6.07) is 7.53. The molecule has 0 saturated heterocycles. The van der Waals surface area contributed by atoms with Crippen molar-refractivity contribution in [3.05, 3.63) is 35.2 Å². The van der Waals surface area contributed by atoms with Crippen molar-refractivity contribution in [1.82, 2.24) is 0 Å². The van der Waals surface area contributed by atoms with E-state index in [9.17, 15) is 4.79 Å². The van der Waals surface area contributed by atoms with Gasteiger partial charge in [-0.05, 0) is 30.0 Å². The lowest BCUT2D eigenvalue weighted by molar-refractivity contribution is 0.112. The number of carbonyl (C=O) groups excluding carboxylic acids is 1. The van der Waals surface area contributed by atoms with Crippen molar-refractivity contribution in [3.8, 4) is 21.9 Å². The first-order valence-corrected chi connectivity index (χ1v) is 7.02. The predicted octanol–water partition coefficient (Wildman–Crippen LogP) is 4.03. The van der Waals surface area contributed by atoms with Crippen molar-refractivity contribution >= 4 is 17.6 Å². The summed E-state index contributed by atoms with van der Waals surface area (Å²) < 4.78 is 11.1. The van der Waals surface area contributed by atoms with Gasteiger partial charge < -0.3 is 9.47 Å². The molecule has 0 bridgehead atoms. The molecule has 0 radical (unpaired) electrons. The summed E-state index contributed by atoms with van der Waals surface area (Å²) in [5.74, 6) is 1.30. The number of benzene rings is 1. The van der Waals surface area contributed by atoms with Crippen LogP contribution in [-0.2, 0) is 0 Å². The van der Waals surface area contributed by atoms with E-state index in [1.54, 1.807) is 24.5 Å². The minimum Gasteiger partial charge on any atom is -0.493 e. The first kappa shape index (κ1) is 13.6. The Hall–Kier alpha value is -1.81. The minimum atomic E-state index is 0.587. The van der Waals surface area contributed by atoms with Crippen LogP contribution in [0.2, 0.25) is 0 Å². The second kappa shape index (κ2) is 6.38. The summed E-state index contributed by atoms with van der Waals surface area (Å²) in [4.78, 5) is 12.1. The Balaban J connectivity index is 2.56. The molecule has 0 amide bonds.